The molecular formula is C19H28N2O4. The minimum atomic E-state index is -0.435. The van der Waals surface area contributed by atoms with Gasteiger partial charge in [0, 0.05) is 6.42 Å². The summed E-state index contributed by atoms with van der Waals surface area (Å²) in [6.45, 7) is 6.85. The second-order valence-corrected chi connectivity index (χ2v) is 6.83. The van der Waals surface area contributed by atoms with Crippen molar-refractivity contribution < 1.29 is 19.1 Å². The van der Waals surface area contributed by atoms with Crippen LogP contribution in [-0.4, -0.2) is 31.6 Å². The molecule has 2 atom stereocenters. The van der Waals surface area contributed by atoms with Gasteiger partial charge in [0.25, 0.3) is 0 Å². The van der Waals surface area contributed by atoms with Crippen molar-refractivity contribution >= 4 is 11.8 Å². The molecule has 2 rings (SSSR count). The van der Waals surface area contributed by atoms with Gasteiger partial charge in [-0.3, -0.25) is 9.59 Å². The average Bonchev–Trinajstić information content (AvgIpc) is 3.01. The van der Waals surface area contributed by atoms with E-state index in [1.54, 1.807) is 7.11 Å². The fourth-order valence-electron chi connectivity index (χ4n) is 2.69. The normalized spacial score (nSPS) is 18.0. The van der Waals surface area contributed by atoms with E-state index in [4.69, 9.17) is 9.47 Å². The van der Waals surface area contributed by atoms with Crippen LogP contribution >= 0.6 is 0 Å². The number of methoxy groups -OCH3 is 1. The highest BCUT2D eigenvalue weighted by Crippen LogP contribution is 2.30. The third-order valence-corrected chi connectivity index (χ3v) is 4.31. The molecule has 0 radical (unpaired) electrons. The molecule has 0 bridgehead atoms. The minimum Gasteiger partial charge on any atom is -0.493 e. The van der Waals surface area contributed by atoms with Gasteiger partial charge in [-0.15, -0.1) is 0 Å². The third kappa shape index (κ3) is 5.37. The van der Waals surface area contributed by atoms with E-state index in [0.717, 1.165) is 12.0 Å². The maximum Gasteiger partial charge on any atom is 0.243 e. The van der Waals surface area contributed by atoms with Gasteiger partial charge >= 0.3 is 0 Å². The molecule has 1 saturated heterocycles. The number of carbonyl (C=O) groups excluding carboxylic acids is 2. The molecule has 2 unspecified atom stereocenters. The van der Waals surface area contributed by atoms with Crippen molar-refractivity contribution in [2.45, 2.75) is 52.1 Å². The molecule has 2 N–H and O–H groups in total. The first-order valence-electron chi connectivity index (χ1n) is 8.81. The smallest absolute Gasteiger partial charge is 0.243 e. The molecule has 0 aromatic heterocycles. The van der Waals surface area contributed by atoms with E-state index in [2.05, 4.69) is 24.5 Å². The van der Waals surface area contributed by atoms with E-state index >= 15 is 0 Å². The summed E-state index contributed by atoms with van der Waals surface area (Å²) in [5, 5.41) is 5.62. The lowest BCUT2D eigenvalue weighted by molar-refractivity contribution is -0.126. The van der Waals surface area contributed by atoms with Crippen LogP contribution in [0, 0.1) is 5.92 Å². The van der Waals surface area contributed by atoms with Crippen molar-refractivity contribution in [3.05, 3.63) is 23.8 Å². The summed E-state index contributed by atoms with van der Waals surface area (Å²) in [5.74, 6) is 1.70. The molecular weight excluding hydrogens is 320 g/mol. The second-order valence-electron chi connectivity index (χ2n) is 6.83. The second kappa shape index (κ2) is 8.74. The average molecular weight is 348 g/mol. The van der Waals surface area contributed by atoms with Crippen LogP contribution in [0.25, 0.3) is 0 Å². The quantitative estimate of drug-likeness (QED) is 0.757. The van der Waals surface area contributed by atoms with Crippen molar-refractivity contribution in [2.24, 2.45) is 5.92 Å². The van der Waals surface area contributed by atoms with Gasteiger partial charge in [0.1, 0.15) is 6.04 Å². The highest BCUT2D eigenvalue weighted by Gasteiger charge is 2.28. The van der Waals surface area contributed by atoms with E-state index in [9.17, 15) is 9.59 Å². The molecule has 0 saturated carbocycles. The number of hydrogen-bond donors (Lipinski definition) is 2. The molecule has 138 valence electrons. The number of ether oxygens (including phenoxy) is 2. The molecule has 1 aromatic rings. The summed E-state index contributed by atoms with van der Waals surface area (Å²) in [6, 6.07) is 5.04. The van der Waals surface area contributed by atoms with Gasteiger partial charge in [-0.2, -0.15) is 0 Å². The van der Waals surface area contributed by atoms with E-state index in [1.165, 1.54) is 0 Å². The Morgan fingerprint density at radius 1 is 1.32 bits per heavy atom. The zero-order chi connectivity index (χ0) is 18.4. The predicted molar refractivity (Wildman–Crippen MR) is 95.7 cm³/mol. The number of benzene rings is 1. The molecule has 25 heavy (non-hydrogen) atoms. The molecule has 0 aliphatic carbocycles. The van der Waals surface area contributed by atoms with Gasteiger partial charge in [0.15, 0.2) is 11.5 Å². The van der Waals surface area contributed by atoms with Crippen LogP contribution in [0.1, 0.15) is 51.6 Å². The Hall–Kier alpha value is -2.24. The Morgan fingerprint density at radius 3 is 2.68 bits per heavy atom. The molecule has 1 aliphatic heterocycles. The lowest BCUT2D eigenvalue weighted by Gasteiger charge is -2.19. The molecule has 6 nitrogen and oxygen atoms in total. The Bertz CT molecular complexity index is 615. The largest absolute Gasteiger partial charge is 0.493 e. The fourth-order valence-corrected chi connectivity index (χ4v) is 2.69. The first-order chi connectivity index (χ1) is 11.9. The molecule has 6 heteroatoms. The van der Waals surface area contributed by atoms with Crippen LogP contribution in [0.15, 0.2) is 18.2 Å². The van der Waals surface area contributed by atoms with Gasteiger partial charge in [-0.1, -0.05) is 19.9 Å². The Kier molecular flexibility index (Phi) is 6.67. The maximum atomic E-state index is 12.2. The Balaban J connectivity index is 1.98. The summed E-state index contributed by atoms with van der Waals surface area (Å²) in [4.78, 5) is 23.5. The predicted octanol–water partition coefficient (Wildman–Crippen LogP) is 2.58. The van der Waals surface area contributed by atoms with Crippen molar-refractivity contribution in [2.75, 3.05) is 13.7 Å². The molecule has 1 aliphatic rings. The Labute approximate surface area is 149 Å². The van der Waals surface area contributed by atoms with Crippen LogP contribution < -0.4 is 20.1 Å². The SMILES string of the molecule is COc1cc(C(C)NC(=O)C2CCC(=O)N2)ccc1OCCC(C)C. The zero-order valence-corrected chi connectivity index (χ0v) is 15.4. The molecule has 1 heterocycles. The van der Waals surface area contributed by atoms with Gasteiger partial charge in [-0.25, -0.2) is 0 Å². The molecule has 2 amide bonds. The lowest BCUT2D eigenvalue weighted by Crippen LogP contribution is -2.42. The first kappa shape index (κ1) is 19.1. The standard InChI is InChI=1S/C19H28N2O4/c1-12(2)9-10-25-16-7-5-14(11-17(16)24-4)13(3)20-19(23)15-6-8-18(22)21-15/h5,7,11-13,15H,6,8-10H2,1-4H3,(H,20,23)(H,21,22). The fraction of sp³-hybridized carbons (Fsp3) is 0.579. The van der Waals surface area contributed by atoms with Crippen molar-refractivity contribution in [1.82, 2.24) is 10.6 Å². The summed E-state index contributed by atoms with van der Waals surface area (Å²) in [7, 11) is 1.60. The van der Waals surface area contributed by atoms with Gasteiger partial charge in [-0.05, 0) is 43.4 Å². The molecule has 0 spiro atoms. The summed E-state index contributed by atoms with van der Waals surface area (Å²) >= 11 is 0. The summed E-state index contributed by atoms with van der Waals surface area (Å²) < 4.78 is 11.2. The van der Waals surface area contributed by atoms with Crippen LogP contribution in [-0.2, 0) is 9.59 Å². The maximum absolute atomic E-state index is 12.2. The monoisotopic (exact) mass is 348 g/mol. The van der Waals surface area contributed by atoms with Gasteiger partial charge < -0.3 is 20.1 Å². The first-order valence-corrected chi connectivity index (χ1v) is 8.81. The van der Waals surface area contributed by atoms with Crippen molar-refractivity contribution in [3.8, 4) is 11.5 Å². The minimum absolute atomic E-state index is 0.0719. The van der Waals surface area contributed by atoms with Gasteiger partial charge in [0.2, 0.25) is 11.8 Å². The number of carbonyl (C=O) groups is 2. The number of nitrogens with one attached hydrogen (secondary N) is 2. The van der Waals surface area contributed by atoms with Crippen LogP contribution in [0.2, 0.25) is 0 Å². The van der Waals surface area contributed by atoms with E-state index in [0.29, 0.717) is 36.9 Å². The van der Waals surface area contributed by atoms with Crippen LogP contribution in [0.3, 0.4) is 0 Å². The topological polar surface area (TPSA) is 76.7 Å². The van der Waals surface area contributed by atoms with E-state index < -0.39 is 6.04 Å². The van der Waals surface area contributed by atoms with Gasteiger partial charge in [0.05, 0.1) is 19.8 Å². The number of amides is 2. The van der Waals surface area contributed by atoms with Crippen LogP contribution in [0.4, 0.5) is 0 Å². The highest BCUT2D eigenvalue weighted by molar-refractivity contribution is 5.90. The van der Waals surface area contributed by atoms with E-state index in [1.807, 2.05) is 25.1 Å². The Morgan fingerprint density at radius 2 is 2.08 bits per heavy atom. The highest BCUT2D eigenvalue weighted by atomic mass is 16.5. The number of rotatable bonds is 8. The van der Waals surface area contributed by atoms with Crippen molar-refractivity contribution in [1.29, 1.82) is 0 Å². The molecule has 1 aromatic carbocycles. The zero-order valence-electron chi connectivity index (χ0n) is 15.4. The van der Waals surface area contributed by atoms with Crippen molar-refractivity contribution in [3.63, 3.8) is 0 Å². The third-order valence-electron chi connectivity index (χ3n) is 4.31. The number of hydrogen-bond acceptors (Lipinski definition) is 4. The van der Waals surface area contributed by atoms with Crippen LogP contribution in [0.5, 0.6) is 11.5 Å². The summed E-state index contributed by atoms with van der Waals surface area (Å²) in [6.07, 6.45) is 1.93. The molecule has 1 fully saturated rings. The lowest BCUT2D eigenvalue weighted by atomic mass is 10.1. The van der Waals surface area contributed by atoms with E-state index in [-0.39, 0.29) is 17.9 Å². The summed E-state index contributed by atoms with van der Waals surface area (Å²) in [5.41, 5.74) is 0.922.